The molecule has 0 aliphatic carbocycles. The zero-order chi connectivity index (χ0) is 15.5. The zero-order valence-corrected chi connectivity index (χ0v) is 13.0. The zero-order valence-electron chi connectivity index (χ0n) is 13.0. The van der Waals surface area contributed by atoms with Gasteiger partial charge in [-0.15, -0.1) is 0 Å². The van der Waals surface area contributed by atoms with E-state index in [2.05, 4.69) is 15.4 Å². The van der Waals surface area contributed by atoms with Gasteiger partial charge in [0.05, 0.1) is 11.3 Å². The summed E-state index contributed by atoms with van der Waals surface area (Å²) in [6, 6.07) is 5.69. The van der Waals surface area contributed by atoms with Gasteiger partial charge < -0.3 is 10.2 Å². The molecule has 1 fully saturated rings. The molecular formula is C16H21N5O. The highest BCUT2D eigenvalue weighted by Gasteiger charge is 2.17. The van der Waals surface area contributed by atoms with Crippen molar-refractivity contribution in [2.45, 2.75) is 20.3 Å². The largest absolute Gasteiger partial charge is 0.337 e. The Morgan fingerprint density at radius 1 is 1.23 bits per heavy atom. The molecule has 0 radical (unpaired) electrons. The number of carbonyl (C=O) groups excluding carboxylic acids is 1. The molecule has 1 amide bonds. The molecule has 2 aromatic heterocycles. The highest BCUT2D eigenvalue weighted by atomic mass is 16.2. The van der Waals surface area contributed by atoms with E-state index >= 15 is 0 Å². The van der Waals surface area contributed by atoms with Crippen LogP contribution in [0.5, 0.6) is 0 Å². The molecule has 0 bridgehead atoms. The summed E-state index contributed by atoms with van der Waals surface area (Å²) in [5, 5.41) is 7.71. The van der Waals surface area contributed by atoms with Gasteiger partial charge in [-0.2, -0.15) is 5.10 Å². The summed E-state index contributed by atoms with van der Waals surface area (Å²) >= 11 is 0. The molecule has 22 heavy (non-hydrogen) atoms. The molecule has 0 unspecified atom stereocenters. The molecule has 3 rings (SSSR count). The second-order valence-electron chi connectivity index (χ2n) is 5.64. The summed E-state index contributed by atoms with van der Waals surface area (Å²) < 4.78 is 1.79. The summed E-state index contributed by atoms with van der Waals surface area (Å²) in [6.07, 6.45) is 2.63. The van der Waals surface area contributed by atoms with Gasteiger partial charge in [0.1, 0.15) is 0 Å². The van der Waals surface area contributed by atoms with Crippen molar-refractivity contribution in [1.82, 2.24) is 25.0 Å². The van der Waals surface area contributed by atoms with Crippen molar-refractivity contribution < 1.29 is 4.79 Å². The summed E-state index contributed by atoms with van der Waals surface area (Å²) in [7, 11) is 0. The first-order valence-electron chi connectivity index (χ1n) is 7.65. The minimum atomic E-state index is 0.0520. The Hall–Kier alpha value is -2.21. The summed E-state index contributed by atoms with van der Waals surface area (Å²) in [4.78, 5) is 18.8. The molecule has 0 spiro atoms. The number of nitrogens with zero attached hydrogens (tertiary/aromatic N) is 4. The molecule has 116 valence electrons. The van der Waals surface area contributed by atoms with Crippen LogP contribution in [-0.4, -0.2) is 51.8 Å². The number of rotatable bonds is 2. The van der Waals surface area contributed by atoms with Crippen molar-refractivity contribution in [2.75, 3.05) is 26.2 Å². The molecule has 1 saturated heterocycles. The van der Waals surface area contributed by atoms with E-state index in [-0.39, 0.29) is 5.91 Å². The van der Waals surface area contributed by atoms with Gasteiger partial charge in [-0.05, 0) is 45.0 Å². The number of aryl methyl sites for hydroxylation is 2. The van der Waals surface area contributed by atoms with Crippen LogP contribution < -0.4 is 5.32 Å². The van der Waals surface area contributed by atoms with Gasteiger partial charge in [0.15, 0.2) is 5.82 Å². The third-order valence-corrected chi connectivity index (χ3v) is 3.85. The lowest BCUT2D eigenvalue weighted by Gasteiger charge is -2.19. The van der Waals surface area contributed by atoms with E-state index in [1.165, 1.54) is 0 Å². The summed E-state index contributed by atoms with van der Waals surface area (Å²) in [6.45, 7) is 7.31. The standard InChI is InChI=1S/C16H21N5O/c1-12-10-13(2)21(19-12)15-5-4-14(11-18-15)16(22)20-8-3-6-17-7-9-20/h4-5,10-11,17H,3,6-9H2,1-2H3. The molecule has 6 heteroatoms. The van der Waals surface area contributed by atoms with Crippen molar-refractivity contribution in [1.29, 1.82) is 0 Å². The maximum absolute atomic E-state index is 12.5. The molecule has 2 aromatic rings. The van der Waals surface area contributed by atoms with Crippen molar-refractivity contribution >= 4 is 5.91 Å². The number of hydrogen-bond donors (Lipinski definition) is 1. The molecule has 0 aromatic carbocycles. The first kappa shape index (κ1) is 14.7. The predicted molar refractivity (Wildman–Crippen MR) is 84.2 cm³/mol. The van der Waals surface area contributed by atoms with E-state index in [4.69, 9.17) is 0 Å². The molecule has 1 N–H and O–H groups in total. The Bertz CT molecular complexity index is 654. The fraction of sp³-hybridized carbons (Fsp3) is 0.438. The van der Waals surface area contributed by atoms with Crippen LogP contribution in [0.2, 0.25) is 0 Å². The quantitative estimate of drug-likeness (QED) is 0.908. The van der Waals surface area contributed by atoms with E-state index in [1.807, 2.05) is 36.9 Å². The van der Waals surface area contributed by atoms with Crippen LogP contribution in [0.1, 0.15) is 28.2 Å². The minimum Gasteiger partial charge on any atom is -0.337 e. The van der Waals surface area contributed by atoms with Gasteiger partial charge in [-0.1, -0.05) is 0 Å². The number of amides is 1. The number of pyridine rings is 1. The predicted octanol–water partition coefficient (Wildman–Crippen LogP) is 1.32. The number of aromatic nitrogens is 3. The lowest BCUT2D eigenvalue weighted by atomic mass is 10.2. The fourth-order valence-electron chi connectivity index (χ4n) is 2.73. The average Bonchev–Trinajstić information content (AvgIpc) is 2.73. The Labute approximate surface area is 130 Å². The number of carbonyl (C=O) groups is 1. The summed E-state index contributed by atoms with van der Waals surface area (Å²) in [5.74, 6) is 0.788. The van der Waals surface area contributed by atoms with Crippen LogP contribution in [0, 0.1) is 13.8 Å². The van der Waals surface area contributed by atoms with Crippen LogP contribution >= 0.6 is 0 Å². The second-order valence-corrected chi connectivity index (χ2v) is 5.64. The SMILES string of the molecule is Cc1cc(C)n(-c2ccc(C(=O)N3CCCNCC3)cn2)n1. The van der Waals surface area contributed by atoms with Gasteiger partial charge >= 0.3 is 0 Å². The first-order chi connectivity index (χ1) is 10.6. The smallest absolute Gasteiger partial charge is 0.255 e. The van der Waals surface area contributed by atoms with Crippen LogP contribution in [0.15, 0.2) is 24.4 Å². The second kappa shape index (κ2) is 6.27. The Morgan fingerprint density at radius 3 is 2.77 bits per heavy atom. The monoisotopic (exact) mass is 299 g/mol. The molecular weight excluding hydrogens is 278 g/mol. The third-order valence-electron chi connectivity index (χ3n) is 3.85. The molecule has 3 heterocycles. The Morgan fingerprint density at radius 2 is 2.09 bits per heavy atom. The van der Waals surface area contributed by atoms with E-state index in [1.54, 1.807) is 10.9 Å². The Kier molecular flexibility index (Phi) is 4.20. The lowest BCUT2D eigenvalue weighted by Crippen LogP contribution is -2.34. The van der Waals surface area contributed by atoms with Gasteiger partial charge in [0.25, 0.3) is 5.91 Å². The van der Waals surface area contributed by atoms with Crippen molar-refractivity contribution in [3.8, 4) is 5.82 Å². The van der Waals surface area contributed by atoms with E-state index < -0.39 is 0 Å². The lowest BCUT2D eigenvalue weighted by molar-refractivity contribution is 0.0766. The van der Waals surface area contributed by atoms with Gasteiger partial charge in [-0.3, -0.25) is 4.79 Å². The van der Waals surface area contributed by atoms with Crippen LogP contribution in [0.4, 0.5) is 0 Å². The van der Waals surface area contributed by atoms with Crippen LogP contribution in [0.25, 0.3) is 5.82 Å². The molecule has 6 nitrogen and oxygen atoms in total. The maximum Gasteiger partial charge on any atom is 0.255 e. The first-order valence-corrected chi connectivity index (χ1v) is 7.65. The normalized spacial score (nSPS) is 15.6. The highest BCUT2D eigenvalue weighted by Crippen LogP contribution is 2.12. The van der Waals surface area contributed by atoms with Gasteiger partial charge in [0.2, 0.25) is 0 Å². The fourth-order valence-corrected chi connectivity index (χ4v) is 2.73. The number of hydrogen-bond acceptors (Lipinski definition) is 4. The molecule has 1 aliphatic rings. The summed E-state index contributed by atoms with van der Waals surface area (Å²) in [5.41, 5.74) is 2.62. The minimum absolute atomic E-state index is 0.0520. The number of nitrogens with one attached hydrogen (secondary N) is 1. The van der Waals surface area contributed by atoms with Crippen molar-refractivity contribution in [3.63, 3.8) is 0 Å². The Balaban J connectivity index is 1.78. The van der Waals surface area contributed by atoms with Gasteiger partial charge in [0, 0.05) is 31.5 Å². The van der Waals surface area contributed by atoms with Crippen molar-refractivity contribution in [2.24, 2.45) is 0 Å². The highest BCUT2D eigenvalue weighted by molar-refractivity contribution is 5.94. The van der Waals surface area contributed by atoms with Gasteiger partial charge in [-0.25, -0.2) is 9.67 Å². The molecule has 0 atom stereocenters. The molecule has 1 aliphatic heterocycles. The van der Waals surface area contributed by atoms with E-state index in [0.29, 0.717) is 5.56 Å². The van der Waals surface area contributed by atoms with Crippen LogP contribution in [-0.2, 0) is 0 Å². The van der Waals surface area contributed by atoms with E-state index in [0.717, 1.165) is 49.8 Å². The third kappa shape index (κ3) is 3.01. The topological polar surface area (TPSA) is 63.1 Å². The maximum atomic E-state index is 12.5. The van der Waals surface area contributed by atoms with Crippen LogP contribution in [0.3, 0.4) is 0 Å². The average molecular weight is 299 g/mol. The van der Waals surface area contributed by atoms with E-state index in [9.17, 15) is 4.79 Å². The molecule has 0 saturated carbocycles. The van der Waals surface area contributed by atoms with Crippen molar-refractivity contribution in [3.05, 3.63) is 41.3 Å².